The first-order valence-electron chi connectivity index (χ1n) is 4.33. The third-order valence-electron chi connectivity index (χ3n) is 1.91. The molecular weight excluding hydrogens is 158 g/mol. The van der Waals surface area contributed by atoms with E-state index in [1.807, 2.05) is 0 Å². The van der Waals surface area contributed by atoms with Gasteiger partial charge in [0.25, 0.3) is 0 Å². The summed E-state index contributed by atoms with van der Waals surface area (Å²) in [5.74, 6) is -0.755. The molecule has 4 nitrogen and oxygen atoms in total. The number of aliphatic carboxylic acids is 1. The molecule has 4 heteroatoms. The van der Waals surface area contributed by atoms with E-state index in [1.54, 1.807) is 0 Å². The lowest BCUT2D eigenvalue weighted by Gasteiger charge is -2.09. The van der Waals surface area contributed by atoms with Crippen LogP contribution in [0.25, 0.3) is 0 Å². The fourth-order valence-corrected chi connectivity index (χ4v) is 1.26. The van der Waals surface area contributed by atoms with Crippen LogP contribution in [0.4, 0.5) is 0 Å². The van der Waals surface area contributed by atoms with Crippen molar-refractivity contribution in [2.24, 2.45) is 0 Å². The van der Waals surface area contributed by atoms with E-state index in [4.69, 9.17) is 9.84 Å². The molecule has 70 valence electrons. The van der Waals surface area contributed by atoms with Gasteiger partial charge in [-0.25, -0.2) is 0 Å². The van der Waals surface area contributed by atoms with Crippen molar-refractivity contribution in [3.63, 3.8) is 0 Å². The Morgan fingerprint density at radius 2 is 2.50 bits per heavy atom. The number of hydrogen-bond acceptors (Lipinski definition) is 3. The zero-order chi connectivity index (χ0) is 8.81. The predicted octanol–water partition coefficient (Wildman–Crippen LogP) is 0.230. The van der Waals surface area contributed by atoms with Crippen LogP contribution in [-0.2, 0) is 9.53 Å². The van der Waals surface area contributed by atoms with Gasteiger partial charge in [0, 0.05) is 19.7 Å². The van der Waals surface area contributed by atoms with E-state index in [9.17, 15) is 4.79 Å². The molecule has 0 saturated carbocycles. The van der Waals surface area contributed by atoms with E-state index < -0.39 is 5.97 Å². The topological polar surface area (TPSA) is 58.6 Å². The van der Waals surface area contributed by atoms with Gasteiger partial charge in [-0.05, 0) is 12.8 Å². The molecule has 0 aromatic heterocycles. The Morgan fingerprint density at radius 3 is 3.08 bits per heavy atom. The molecule has 12 heavy (non-hydrogen) atoms. The fraction of sp³-hybridized carbons (Fsp3) is 0.875. The Kier molecular flexibility index (Phi) is 4.04. The lowest BCUT2D eigenvalue weighted by Crippen LogP contribution is -2.28. The Balaban J connectivity index is 1.91. The predicted molar refractivity (Wildman–Crippen MR) is 44.1 cm³/mol. The van der Waals surface area contributed by atoms with Gasteiger partial charge in [-0.15, -0.1) is 0 Å². The van der Waals surface area contributed by atoms with Crippen molar-refractivity contribution in [1.82, 2.24) is 5.32 Å². The van der Waals surface area contributed by atoms with Crippen molar-refractivity contribution >= 4 is 5.97 Å². The Morgan fingerprint density at radius 1 is 1.67 bits per heavy atom. The Labute approximate surface area is 71.9 Å². The molecule has 0 radical (unpaired) electrons. The van der Waals surface area contributed by atoms with E-state index in [-0.39, 0.29) is 6.42 Å². The van der Waals surface area contributed by atoms with Crippen LogP contribution in [0.15, 0.2) is 0 Å². The van der Waals surface area contributed by atoms with Crippen molar-refractivity contribution in [3.8, 4) is 0 Å². The fourth-order valence-electron chi connectivity index (χ4n) is 1.26. The van der Waals surface area contributed by atoms with Gasteiger partial charge < -0.3 is 15.2 Å². The number of nitrogens with one attached hydrogen (secondary N) is 1. The average Bonchev–Trinajstić information content (AvgIpc) is 2.49. The van der Waals surface area contributed by atoms with Crippen LogP contribution in [0.2, 0.25) is 0 Å². The number of hydrogen-bond donors (Lipinski definition) is 2. The van der Waals surface area contributed by atoms with Gasteiger partial charge in [0.1, 0.15) is 0 Å². The van der Waals surface area contributed by atoms with E-state index in [0.717, 1.165) is 26.0 Å². The molecule has 0 bridgehead atoms. The molecule has 1 heterocycles. The molecule has 0 spiro atoms. The van der Waals surface area contributed by atoms with Gasteiger partial charge in [0.2, 0.25) is 0 Å². The van der Waals surface area contributed by atoms with Gasteiger partial charge in [0.05, 0.1) is 12.5 Å². The third-order valence-corrected chi connectivity index (χ3v) is 1.91. The standard InChI is InChI=1S/C8H15NO3/c10-8(11)3-4-9-6-7-2-1-5-12-7/h7,9H,1-6H2,(H,10,11). The molecule has 1 unspecified atom stereocenters. The number of ether oxygens (including phenoxy) is 1. The molecule has 1 fully saturated rings. The van der Waals surface area contributed by atoms with Crippen LogP contribution in [0.1, 0.15) is 19.3 Å². The number of carboxylic acids is 1. The summed E-state index contributed by atoms with van der Waals surface area (Å²) in [6.45, 7) is 2.17. The van der Waals surface area contributed by atoms with Crippen LogP contribution in [0.3, 0.4) is 0 Å². The lowest BCUT2D eigenvalue weighted by atomic mass is 10.2. The second kappa shape index (κ2) is 5.11. The second-order valence-corrected chi connectivity index (χ2v) is 2.98. The summed E-state index contributed by atoms with van der Waals surface area (Å²) in [6, 6.07) is 0. The summed E-state index contributed by atoms with van der Waals surface area (Å²) >= 11 is 0. The minimum atomic E-state index is -0.755. The van der Waals surface area contributed by atoms with Crippen molar-refractivity contribution in [1.29, 1.82) is 0 Å². The smallest absolute Gasteiger partial charge is 0.304 e. The highest BCUT2D eigenvalue weighted by Crippen LogP contribution is 2.10. The van der Waals surface area contributed by atoms with Crippen LogP contribution >= 0.6 is 0 Å². The summed E-state index contributed by atoms with van der Waals surface area (Å²) in [4.78, 5) is 10.1. The van der Waals surface area contributed by atoms with Crippen LogP contribution in [0.5, 0.6) is 0 Å². The first-order valence-corrected chi connectivity index (χ1v) is 4.33. The van der Waals surface area contributed by atoms with Gasteiger partial charge in [-0.3, -0.25) is 4.79 Å². The minimum absolute atomic E-state index is 0.187. The summed E-state index contributed by atoms with van der Waals surface area (Å²) < 4.78 is 5.35. The minimum Gasteiger partial charge on any atom is -0.481 e. The van der Waals surface area contributed by atoms with Crippen molar-refractivity contribution in [2.45, 2.75) is 25.4 Å². The highest BCUT2D eigenvalue weighted by atomic mass is 16.5. The van der Waals surface area contributed by atoms with Crippen LogP contribution in [0, 0.1) is 0 Å². The molecule has 1 aliphatic rings. The number of rotatable bonds is 5. The maximum Gasteiger partial charge on any atom is 0.304 e. The van der Waals surface area contributed by atoms with Gasteiger partial charge in [0.15, 0.2) is 0 Å². The quantitative estimate of drug-likeness (QED) is 0.584. The van der Waals surface area contributed by atoms with E-state index in [2.05, 4.69) is 5.32 Å². The van der Waals surface area contributed by atoms with Gasteiger partial charge in [-0.1, -0.05) is 0 Å². The zero-order valence-corrected chi connectivity index (χ0v) is 7.08. The molecule has 1 aliphatic heterocycles. The molecule has 0 aromatic rings. The van der Waals surface area contributed by atoms with Crippen molar-refractivity contribution in [2.75, 3.05) is 19.7 Å². The molecule has 1 atom stereocenters. The molecule has 1 rings (SSSR count). The summed E-state index contributed by atoms with van der Waals surface area (Å²) in [5.41, 5.74) is 0. The molecule has 0 amide bonds. The Hall–Kier alpha value is -0.610. The third kappa shape index (κ3) is 3.69. The maximum atomic E-state index is 10.1. The molecule has 1 saturated heterocycles. The SMILES string of the molecule is O=C(O)CCNCC1CCCO1. The van der Waals surface area contributed by atoms with Crippen LogP contribution < -0.4 is 5.32 Å². The summed E-state index contributed by atoms with van der Waals surface area (Å²) in [7, 11) is 0. The normalized spacial score (nSPS) is 22.8. The van der Waals surface area contributed by atoms with Gasteiger partial charge >= 0.3 is 5.97 Å². The lowest BCUT2D eigenvalue weighted by molar-refractivity contribution is -0.136. The van der Waals surface area contributed by atoms with E-state index in [1.165, 1.54) is 0 Å². The maximum absolute atomic E-state index is 10.1. The van der Waals surface area contributed by atoms with Gasteiger partial charge in [-0.2, -0.15) is 0 Å². The Bertz CT molecular complexity index is 143. The zero-order valence-electron chi connectivity index (χ0n) is 7.08. The molecule has 0 aliphatic carbocycles. The van der Waals surface area contributed by atoms with Crippen molar-refractivity contribution in [3.05, 3.63) is 0 Å². The second-order valence-electron chi connectivity index (χ2n) is 2.98. The highest BCUT2D eigenvalue weighted by molar-refractivity contribution is 5.66. The van der Waals surface area contributed by atoms with E-state index in [0.29, 0.717) is 12.6 Å². The monoisotopic (exact) mass is 173 g/mol. The summed E-state index contributed by atoms with van der Waals surface area (Å²) in [5, 5.41) is 11.4. The number of carbonyl (C=O) groups is 1. The van der Waals surface area contributed by atoms with E-state index >= 15 is 0 Å². The first-order chi connectivity index (χ1) is 5.79. The first kappa shape index (κ1) is 9.48. The van der Waals surface area contributed by atoms with Crippen molar-refractivity contribution < 1.29 is 14.6 Å². The van der Waals surface area contributed by atoms with Crippen LogP contribution in [-0.4, -0.2) is 36.9 Å². The largest absolute Gasteiger partial charge is 0.481 e. The molecule has 2 N–H and O–H groups in total. The average molecular weight is 173 g/mol. The highest BCUT2D eigenvalue weighted by Gasteiger charge is 2.14. The summed E-state index contributed by atoms with van der Waals surface area (Å²) in [6.07, 6.45) is 2.72. The molecular formula is C8H15NO3. The number of carboxylic acid groups (broad SMARTS) is 1. The molecule has 0 aromatic carbocycles.